The average Bonchev–Trinajstić information content (AvgIpc) is 3.47. The smallest absolute Gasteiger partial charge is 0.272 e. The summed E-state index contributed by atoms with van der Waals surface area (Å²) in [4.78, 5) is 18.6. The van der Waals surface area contributed by atoms with E-state index in [9.17, 15) is 13.6 Å². The van der Waals surface area contributed by atoms with E-state index in [1.807, 2.05) is 37.3 Å². The molecule has 1 aliphatic heterocycles. The average molecular weight is 472 g/mol. The first-order chi connectivity index (χ1) is 16.4. The third-order valence-corrected chi connectivity index (χ3v) is 5.88. The fraction of sp³-hybridized carbons (Fsp3) is 0.400. The van der Waals surface area contributed by atoms with Crippen LogP contribution in [0.3, 0.4) is 0 Å². The molecule has 1 saturated heterocycles. The molecule has 9 heteroatoms. The number of anilines is 1. The molecule has 0 N–H and O–H groups in total. The van der Waals surface area contributed by atoms with Gasteiger partial charge in [-0.1, -0.05) is 24.2 Å². The predicted molar refractivity (Wildman–Crippen MR) is 122 cm³/mol. The van der Waals surface area contributed by atoms with Crippen molar-refractivity contribution in [2.45, 2.75) is 45.1 Å². The Bertz CT molecular complexity index is 1100. The van der Waals surface area contributed by atoms with E-state index < -0.39 is 13.0 Å². The third kappa shape index (κ3) is 5.89. The molecule has 1 aromatic carbocycles. The van der Waals surface area contributed by atoms with Gasteiger partial charge in [-0.3, -0.25) is 4.79 Å². The maximum atomic E-state index is 12.5. The fourth-order valence-electron chi connectivity index (χ4n) is 4.02. The SMILES string of the molecule is Cc1nocc1C(=O)C[C@@H](C)c1ccc(OC2CCN(c3ccnc(OCC(F)F)c3)C2)cc1. The van der Waals surface area contributed by atoms with Gasteiger partial charge in [-0.25, -0.2) is 13.8 Å². The zero-order chi connectivity index (χ0) is 24.1. The highest BCUT2D eigenvalue weighted by Crippen LogP contribution is 2.28. The topological polar surface area (TPSA) is 77.7 Å². The lowest BCUT2D eigenvalue weighted by molar-refractivity contribution is 0.0796. The number of Topliss-reactive ketones (excluding diaryl/α,β-unsaturated/α-hetero) is 1. The number of carbonyl (C=O) groups excluding carboxylic acids is 1. The fourth-order valence-corrected chi connectivity index (χ4v) is 4.02. The van der Waals surface area contributed by atoms with Gasteiger partial charge in [0.25, 0.3) is 6.43 Å². The van der Waals surface area contributed by atoms with Crippen LogP contribution in [0, 0.1) is 6.92 Å². The number of aryl methyl sites for hydroxylation is 1. The molecule has 34 heavy (non-hydrogen) atoms. The number of ketones is 1. The van der Waals surface area contributed by atoms with Crippen LogP contribution in [0.4, 0.5) is 14.5 Å². The summed E-state index contributed by atoms with van der Waals surface area (Å²) in [5.41, 5.74) is 3.05. The number of halogens is 2. The van der Waals surface area contributed by atoms with Gasteiger partial charge in [0.1, 0.15) is 18.1 Å². The Hall–Kier alpha value is -3.49. The van der Waals surface area contributed by atoms with E-state index in [1.165, 1.54) is 6.26 Å². The molecule has 0 radical (unpaired) electrons. The Labute approximate surface area is 196 Å². The minimum absolute atomic E-state index is 0.0000140. The number of carbonyl (C=O) groups is 1. The standard InChI is InChI=1S/C25H27F2N3O4/c1-16(11-23(31)22-14-33-29-17(22)2)18-3-5-20(6-4-18)34-21-8-10-30(13-21)19-7-9-28-25(12-19)32-15-24(26)27/h3-7,9,12,14,16,21,24H,8,10-11,13,15H2,1-2H3/t16-,21?/m1/s1. The molecule has 0 aliphatic carbocycles. The van der Waals surface area contributed by atoms with E-state index >= 15 is 0 Å². The molecule has 0 bridgehead atoms. The lowest BCUT2D eigenvalue weighted by atomic mass is 9.93. The minimum Gasteiger partial charge on any atom is -0.489 e. The number of alkyl halides is 2. The molecule has 0 spiro atoms. The lowest BCUT2D eigenvalue weighted by Crippen LogP contribution is -2.24. The number of aromatic nitrogens is 2. The molecule has 180 valence electrons. The second kappa shape index (κ2) is 10.6. The van der Waals surface area contributed by atoms with Gasteiger partial charge in [0, 0.05) is 37.3 Å². The van der Waals surface area contributed by atoms with Crippen molar-refractivity contribution in [3.63, 3.8) is 0 Å². The van der Waals surface area contributed by atoms with Crippen LogP contribution in [0.2, 0.25) is 0 Å². The van der Waals surface area contributed by atoms with Crippen molar-refractivity contribution in [2.75, 3.05) is 24.6 Å². The quantitative estimate of drug-likeness (QED) is 0.383. The molecule has 2 atom stereocenters. The van der Waals surface area contributed by atoms with Crippen molar-refractivity contribution < 1.29 is 27.6 Å². The second-order valence-corrected chi connectivity index (χ2v) is 8.44. The van der Waals surface area contributed by atoms with E-state index in [4.69, 9.17) is 14.0 Å². The molecule has 4 rings (SSSR count). The summed E-state index contributed by atoms with van der Waals surface area (Å²) in [6.45, 7) is 4.54. The van der Waals surface area contributed by atoms with Crippen molar-refractivity contribution in [1.82, 2.24) is 10.1 Å². The molecular formula is C25H27F2N3O4. The number of benzene rings is 1. The predicted octanol–water partition coefficient (Wildman–Crippen LogP) is 5.06. The van der Waals surface area contributed by atoms with Crippen LogP contribution in [0.25, 0.3) is 0 Å². The summed E-state index contributed by atoms with van der Waals surface area (Å²) < 4.78 is 40.8. The maximum absolute atomic E-state index is 12.5. The second-order valence-electron chi connectivity index (χ2n) is 8.44. The van der Waals surface area contributed by atoms with Crippen molar-refractivity contribution in [3.05, 3.63) is 65.7 Å². The van der Waals surface area contributed by atoms with Gasteiger partial charge in [0.05, 0.1) is 17.8 Å². The van der Waals surface area contributed by atoms with Gasteiger partial charge in [-0.05, 0) is 36.6 Å². The number of hydrogen-bond acceptors (Lipinski definition) is 7. The lowest BCUT2D eigenvalue weighted by Gasteiger charge is -2.20. The number of rotatable bonds is 10. The Morgan fingerprint density at radius 2 is 2.06 bits per heavy atom. The largest absolute Gasteiger partial charge is 0.489 e. The summed E-state index contributed by atoms with van der Waals surface area (Å²) in [6.07, 6.45) is 1.62. The van der Waals surface area contributed by atoms with E-state index in [0.717, 1.165) is 30.0 Å². The highest BCUT2D eigenvalue weighted by Gasteiger charge is 2.25. The number of nitrogens with zero attached hydrogens (tertiary/aromatic N) is 3. The van der Waals surface area contributed by atoms with Crippen molar-refractivity contribution in [2.24, 2.45) is 0 Å². The molecule has 3 aromatic rings. The summed E-state index contributed by atoms with van der Waals surface area (Å²) >= 11 is 0. The molecule has 1 aliphatic rings. The Morgan fingerprint density at radius 1 is 1.26 bits per heavy atom. The highest BCUT2D eigenvalue weighted by atomic mass is 19.3. The molecule has 0 saturated carbocycles. The van der Waals surface area contributed by atoms with Crippen LogP contribution in [0.1, 0.15) is 47.3 Å². The van der Waals surface area contributed by atoms with Gasteiger partial charge in [0.2, 0.25) is 5.88 Å². The van der Waals surface area contributed by atoms with Crippen molar-refractivity contribution in [3.8, 4) is 11.6 Å². The Balaban J connectivity index is 1.30. The first-order valence-electron chi connectivity index (χ1n) is 11.2. The van der Waals surface area contributed by atoms with Gasteiger partial charge in [-0.2, -0.15) is 0 Å². The van der Waals surface area contributed by atoms with Crippen LogP contribution < -0.4 is 14.4 Å². The van der Waals surface area contributed by atoms with Gasteiger partial charge in [-0.15, -0.1) is 0 Å². The molecule has 3 heterocycles. The number of pyridine rings is 1. The van der Waals surface area contributed by atoms with E-state index in [2.05, 4.69) is 15.0 Å². The number of ether oxygens (including phenoxy) is 2. The first kappa shape index (κ1) is 23.7. The molecule has 2 aromatic heterocycles. The number of hydrogen-bond donors (Lipinski definition) is 0. The van der Waals surface area contributed by atoms with Crippen LogP contribution in [0.15, 0.2) is 53.4 Å². The van der Waals surface area contributed by atoms with Crippen LogP contribution in [-0.4, -0.2) is 48.1 Å². The Morgan fingerprint density at radius 3 is 2.76 bits per heavy atom. The van der Waals surface area contributed by atoms with Gasteiger partial charge >= 0.3 is 0 Å². The molecular weight excluding hydrogens is 444 g/mol. The zero-order valence-electron chi connectivity index (χ0n) is 19.1. The Kier molecular flexibility index (Phi) is 7.40. The van der Waals surface area contributed by atoms with Crippen molar-refractivity contribution in [1.29, 1.82) is 0 Å². The summed E-state index contributed by atoms with van der Waals surface area (Å²) in [5, 5.41) is 3.77. The van der Waals surface area contributed by atoms with Crippen LogP contribution >= 0.6 is 0 Å². The van der Waals surface area contributed by atoms with Gasteiger partial charge < -0.3 is 18.9 Å². The summed E-state index contributed by atoms with van der Waals surface area (Å²) in [6, 6.07) is 11.3. The zero-order valence-corrected chi connectivity index (χ0v) is 19.1. The monoisotopic (exact) mass is 471 g/mol. The van der Waals surface area contributed by atoms with E-state index in [1.54, 1.807) is 19.2 Å². The van der Waals surface area contributed by atoms with E-state index in [-0.39, 0.29) is 23.7 Å². The molecule has 1 fully saturated rings. The highest BCUT2D eigenvalue weighted by molar-refractivity contribution is 5.97. The van der Waals surface area contributed by atoms with E-state index in [0.29, 0.717) is 24.2 Å². The summed E-state index contributed by atoms with van der Waals surface area (Å²) in [7, 11) is 0. The van der Waals surface area contributed by atoms with Crippen LogP contribution in [0.5, 0.6) is 11.6 Å². The van der Waals surface area contributed by atoms with Gasteiger partial charge in [0.15, 0.2) is 12.4 Å². The normalized spacial score (nSPS) is 16.6. The molecule has 1 unspecified atom stereocenters. The third-order valence-electron chi connectivity index (χ3n) is 5.88. The molecule has 7 nitrogen and oxygen atoms in total. The van der Waals surface area contributed by atoms with Crippen LogP contribution in [-0.2, 0) is 0 Å². The first-order valence-corrected chi connectivity index (χ1v) is 11.2. The summed E-state index contributed by atoms with van der Waals surface area (Å²) in [5.74, 6) is 1.01. The minimum atomic E-state index is -2.54. The van der Waals surface area contributed by atoms with Crippen molar-refractivity contribution >= 4 is 11.5 Å². The molecule has 0 amide bonds. The maximum Gasteiger partial charge on any atom is 0.272 e.